The molecule has 2 N–H and O–H groups in total. The van der Waals surface area contributed by atoms with Crippen LogP contribution in [-0.2, 0) is 14.8 Å². The topological polar surface area (TPSA) is 95.6 Å². The van der Waals surface area contributed by atoms with Crippen LogP contribution >= 0.6 is 0 Å². The van der Waals surface area contributed by atoms with Crippen LogP contribution in [0.25, 0.3) is 0 Å². The molecule has 0 unspecified atom stereocenters. The zero-order valence-corrected chi connectivity index (χ0v) is 19.3. The fraction of sp³-hybridized carbons (Fsp3) is 0.667. The maximum atomic E-state index is 13.1. The van der Waals surface area contributed by atoms with Crippen LogP contribution in [0, 0.1) is 23.2 Å². The van der Waals surface area contributed by atoms with Gasteiger partial charge in [0.2, 0.25) is 15.9 Å². The Kier molecular flexibility index (Phi) is 5.78. The maximum Gasteiger partial charge on any atom is 0.269 e. The van der Waals surface area contributed by atoms with E-state index in [2.05, 4.69) is 10.9 Å². The lowest BCUT2D eigenvalue weighted by Crippen LogP contribution is -2.56. The number of nitrogens with one attached hydrogen (secondary N) is 2. The standard InChI is InChI=1S/C24H33N3O4S/c28-22(25-26-23(29)24-14-17-10-18(15-24)12-19(11-17)16-24)20-6-5-7-21(13-20)32(30,31)27-8-3-1-2-4-9-27/h5-7,13,17-19H,1-4,8-12,14-16H2,(H,25,28)(H,26,29). The Labute approximate surface area is 190 Å². The van der Waals surface area contributed by atoms with Crippen molar-refractivity contribution in [2.75, 3.05) is 13.1 Å². The smallest absolute Gasteiger partial charge is 0.269 e. The van der Waals surface area contributed by atoms with Gasteiger partial charge in [-0.25, -0.2) is 8.42 Å². The van der Waals surface area contributed by atoms with Crippen molar-refractivity contribution < 1.29 is 18.0 Å². The minimum absolute atomic E-state index is 0.0849. The number of carbonyl (C=O) groups is 2. The molecule has 1 aromatic rings. The number of carbonyl (C=O) groups excluding carboxylic acids is 2. The average molecular weight is 460 g/mol. The molecule has 1 heterocycles. The summed E-state index contributed by atoms with van der Waals surface area (Å²) in [5.74, 6) is 1.35. The quantitative estimate of drug-likeness (QED) is 0.676. The van der Waals surface area contributed by atoms with E-state index in [4.69, 9.17) is 0 Å². The van der Waals surface area contributed by atoms with Crippen molar-refractivity contribution in [3.63, 3.8) is 0 Å². The number of sulfonamides is 1. The van der Waals surface area contributed by atoms with E-state index in [9.17, 15) is 18.0 Å². The molecule has 0 atom stereocenters. The first-order valence-corrected chi connectivity index (χ1v) is 13.5. The third-order valence-corrected chi connectivity index (χ3v) is 10.0. The molecule has 1 aliphatic heterocycles. The van der Waals surface area contributed by atoms with Gasteiger partial charge in [-0.2, -0.15) is 4.31 Å². The number of hydrogen-bond donors (Lipinski definition) is 2. The molecule has 0 spiro atoms. The van der Waals surface area contributed by atoms with Gasteiger partial charge in [-0.1, -0.05) is 18.9 Å². The highest BCUT2D eigenvalue weighted by Crippen LogP contribution is 2.60. The molecule has 4 bridgehead atoms. The number of benzene rings is 1. The molecule has 6 rings (SSSR count). The highest BCUT2D eigenvalue weighted by Gasteiger charge is 2.54. The van der Waals surface area contributed by atoms with Crippen LogP contribution in [0.3, 0.4) is 0 Å². The van der Waals surface area contributed by atoms with Gasteiger partial charge in [0.25, 0.3) is 5.91 Å². The molecular weight excluding hydrogens is 426 g/mol. The lowest BCUT2D eigenvalue weighted by atomic mass is 9.49. The Balaban J connectivity index is 1.25. The zero-order valence-electron chi connectivity index (χ0n) is 18.5. The van der Waals surface area contributed by atoms with E-state index in [1.54, 1.807) is 12.1 Å². The molecule has 4 aliphatic carbocycles. The van der Waals surface area contributed by atoms with Crippen molar-refractivity contribution >= 4 is 21.8 Å². The van der Waals surface area contributed by atoms with Crippen LogP contribution < -0.4 is 10.9 Å². The number of amides is 2. The van der Waals surface area contributed by atoms with E-state index in [-0.39, 0.29) is 21.8 Å². The average Bonchev–Trinajstić information content (AvgIpc) is 3.06. The normalized spacial score (nSPS) is 32.3. The van der Waals surface area contributed by atoms with Gasteiger partial charge in [0.05, 0.1) is 10.3 Å². The van der Waals surface area contributed by atoms with Crippen molar-refractivity contribution in [2.24, 2.45) is 23.2 Å². The molecule has 5 fully saturated rings. The molecule has 8 heteroatoms. The number of nitrogens with zero attached hydrogens (tertiary/aromatic N) is 1. The predicted molar refractivity (Wildman–Crippen MR) is 120 cm³/mol. The summed E-state index contributed by atoms with van der Waals surface area (Å²) in [6, 6.07) is 6.10. The monoisotopic (exact) mass is 459 g/mol. The van der Waals surface area contributed by atoms with Gasteiger partial charge in [-0.15, -0.1) is 0 Å². The highest BCUT2D eigenvalue weighted by molar-refractivity contribution is 7.89. The van der Waals surface area contributed by atoms with Crippen molar-refractivity contribution in [1.29, 1.82) is 0 Å². The molecule has 0 radical (unpaired) electrons. The first kappa shape index (κ1) is 21.9. The molecule has 1 aromatic carbocycles. The van der Waals surface area contributed by atoms with E-state index in [0.717, 1.165) is 44.9 Å². The molecule has 0 aromatic heterocycles. The Morgan fingerprint density at radius 2 is 1.47 bits per heavy atom. The first-order valence-electron chi connectivity index (χ1n) is 12.1. The van der Waals surface area contributed by atoms with Crippen LogP contribution in [0.2, 0.25) is 0 Å². The lowest BCUT2D eigenvalue weighted by Gasteiger charge is -2.55. The fourth-order valence-electron chi connectivity index (χ4n) is 6.94. The van der Waals surface area contributed by atoms with E-state index in [0.29, 0.717) is 30.8 Å². The van der Waals surface area contributed by atoms with Crippen molar-refractivity contribution in [3.05, 3.63) is 29.8 Å². The van der Waals surface area contributed by atoms with Gasteiger partial charge >= 0.3 is 0 Å². The van der Waals surface area contributed by atoms with Gasteiger partial charge in [-0.05, 0) is 87.3 Å². The van der Waals surface area contributed by atoms with Gasteiger partial charge in [0, 0.05) is 18.7 Å². The van der Waals surface area contributed by atoms with Crippen molar-refractivity contribution in [1.82, 2.24) is 15.2 Å². The SMILES string of the molecule is O=C(NNC(=O)C12CC3CC(CC(C3)C1)C2)c1cccc(S(=O)(=O)N2CCCCCC2)c1. The Bertz CT molecular complexity index is 963. The third kappa shape index (κ3) is 4.07. The summed E-state index contributed by atoms with van der Waals surface area (Å²) in [5.41, 5.74) is 5.10. The van der Waals surface area contributed by atoms with E-state index < -0.39 is 15.9 Å². The number of rotatable bonds is 4. The summed E-state index contributed by atoms with van der Waals surface area (Å²) < 4.78 is 27.6. The largest absolute Gasteiger partial charge is 0.273 e. The summed E-state index contributed by atoms with van der Waals surface area (Å²) in [7, 11) is -3.64. The second kappa shape index (κ2) is 8.45. The lowest BCUT2D eigenvalue weighted by molar-refractivity contribution is -0.147. The summed E-state index contributed by atoms with van der Waals surface area (Å²) in [6.07, 6.45) is 10.3. The van der Waals surface area contributed by atoms with Crippen molar-refractivity contribution in [3.8, 4) is 0 Å². The fourth-order valence-corrected chi connectivity index (χ4v) is 8.50. The molecule has 7 nitrogen and oxygen atoms in total. The molecule has 32 heavy (non-hydrogen) atoms. The molecule has 4 saturated carbocycles. The summed E-state index contributed by atoms with van der Waals surface area (Å²) >= 11 is 0. The number of hydrogen-bond acceptors (Lipinski definition) is 4. The zero-order chi connectivity index (χ0) is 22.3. The second-order valence-corrected chi connectivity index (χ2v) is 12.4. The minimum atomic E-state index is -3.64. The summed E-state index contributed by atoms with van der Waals surface area (Å²) in [6.45, 7) is 1.03. The van der Waals surface area contributed by atoms with Crippen LogP contribution in [0.15, 0.2) is 29.2 Å². The van der Waals surface area contributed by atoms with Crippen molar-refractivity contribution in [2.45, 2.75) is 69.1 Å². The van der Waals surface area contributed by atoms with Gasteiger partial charge in [0.15, 0.2) is 0 Å². The molecule has 5 aliphatic rings. The predicted octanol–water partition coefficient (Wildman–Crippen LogP) is 3.23. The van der Waals surface area contributed by atoms with Crippen LogP contribution in [0.4, 0.5) is 0 Å². The Hall–Kier alpha value is -1.93. The Morgan fingerprint density at radius 3 is 2.06 bits per heavy atom. The van der Waals surface area contributed by atoms with Gasteiger partial charge < -0.3 is 0 Å². The molecule has 2 amide bonds. The van der Waals surface area contributed by atoms with E-state index in [1.165, 1.54) is 35.7 Å². The highest BCUT2D eigenvalue weighted by atomic mass is 32.2. The maximum absolute atomic E-state index is 13.1. The van der Waals surface area contributed by atoms with Gasteiger partial charge in [0.1, 0.15) is 0 Å². The minimum Gasteiger partial charge on any atom is -0.273 e. The van der Waals surface area contributed by atoms with Crippen LogP contribution in [-0.4, -0.2) is 37.6 Å². The van der Waals surface area contributed by atoms with Crippen LogP contribution in [0.5, 0.6) is 0 Å². The van der Waals surface area contributed by atoms with Gasteiger partial charge in [-0.3, -0.25) is 20.4 Å². The Morgan fingerprint density at radius 1 is 0.875 bits per heavy atom. The number of hydrazine groups is 1. The third-order valence-electron chi connectivity index (χ3n) is 8.11. The first-order chi connectivity index (χ1) is 15.4. The van der Waals surface area contributed by atoms with E-state index >= 15 is 0 Å². The molecule has 174 valence electrons. The summed E-state index contributed by atoms with van der Waals surface area (Å²) in [5, 5.41) is 0. The molecule has 1 saturated heterocycles. The van der Waals surface area contributed by atoms with Crippen LogP contribution in [0.1, 0.15) is 74.6 Å². The van der Waals surface area contributed by atoms with E-state index in [1.807, 2.05) is 0 Å². The summed E-state index contributed by atoms with van der Waals surface area (Å²) in [4.78, 5) is 25.9. The second-order valence-electron chi connectivity index (χ2n) is 10.5. The molecular formula is C24H33N3O4S.